The minimum Gasteiger partial charge on any atom is -0.504 e. The van der Waals surface area contributed by atoms with Gasteiger partial charge < -0.3 is 9.84 Å². The third-order valence-corrected chi connectivity index (χ3v) is 2.95. The number of methoxy groups -OCH3 is 1. The third-order valence-electron chi connectivity index (χ3n) is 2.10. The lowest BCUT2D eigenvalue weighted by Crippen LogP contribution is -1.84. The number of phenols is 1. The maximum absolute atomic E-state index is 10.7. The van der Waals surface area contributed by atoms with E-state index < -0.39 is 0 Å². The van der Waals surface area contributed by atoms with Crippen LogP contribution in [0.1, 0.15) is 18.9 Å². The van der Waals surface area contributed by atoms with Crippen molar-refractivity contribution in [2.45, 2.75) is 13.3 Å². The second-order valence-corrected chi connectivity index (χ2v) is 4.73. The summed E-state index contributed by atoms with van der Waals surface area (Å²) >= 11 is 1.32. The number of benzene rings is 1. The number of hydrogen-bond acceptors (Lipinski definition) is 4. The Morgan fingerprint density at radius 3 is 2.88 bits per heavy atom. The Bertz CT molecular complexity index is 413. The predicted molar refractivity (Wildman–Crippen MR) is 71.4 cm³/mol. The van der Waals surface area contributed by atoms with E-state index >= 15 is 0 Å². The summed E-state index contributed by atoms with van der Waals surface area (Å²) in [4.78, 5) is 10.7. The van der Waals surface area contributed by atoms with Gasteiger partial charge in [0.25, 0.3) is 0 Å². The SMILES string of the molecule is COc1ccc(C=CCCSC(C)=O)cc1O. The van der Waals surface area contributed by atoms with Gasteiger partial charge in [-0.25, -0.2) is 0 Å². The fourth-order valence-electron chi connectivity index (χ4n) is 1.30. The lowest BCUT2D eigenvalue weighted by atomic mass is 10.2. The Morgan fingerprint density at radius 2 is 2.29 bits per heavy atom. The van der Waals surface area contributed by atoms with Crippen molar-refractivity contribution < 1.29 is 14.6 Å². The molecule has 0 spiro atoms. The monoisotopic (exact) mass is 252 g/mol. The third kappa shape index (κ3) is 4.95. The molecule has 0 aromatic heterocycles. The summed E-state index contributed by atoms with van der Waals surface area (Å²) in [6.07, 6.45) is 4.73. The van der Waals surface area contributed by atoms with Crippen molar-refractivity contribution in [2.75, 3.05) is 12.9 Å². The molecule has 0 aliphatic heterocycles. The quantitative estimate of drug-likeness (QED) is 0.818. The number of hydrogen-bond donors (Lipinski definition) is 1. The molecule has 0 heterocycles. The van der Waals surface area contributed by atoms with E-state index in [2.05, 4.69) is 0 Å². The van der Waals surface area contributed by atoms with E-state index in [1.807, 2.05) is 18.2 Å². The number of phenolic OH excluding ortho intramolecular Hbond substituents is 1. The van der Waals surface area contributed by atoms with Gasteiger partial charge in [-0.3, -0.25) is 4.79 Å². The zero-order chi connectivity index (χ0) is 12.7. The number of allylic oxidation sites excluding steroid dienone is 1. The summed E-state index contributed by atoms with van der Waals surface area (Å²) < 4.78 is 4.95. The number of rotatable bonds is 5. The molecule has 1 aromatic carbocycles. The van der Waals surface area contributed by atoms with Crippen LogP contribution in [0, 0.1) is 0 Å². The molecule has 0 aliphatic carbocycles. The summed E-state index contributed by atoms with van der Waals surface area (Å²) in [5.74, 6) is 1.38. The predicted octanol–water partition coefficient (Wildman–Crippen LogP) is 3.08. The Labute approximate surface area is 105 Å². The van der Waals surface area contributed by atoms with Crippen LogP contribution < -0.4 is 4.74 Å². The van der Waals surface area contributed by atoms with E-state index in [0.29, 0.717) is 5.75 Å². The van der Waals surface area contributed by atoms with Crippen LogP contribution >= 0.6 is 11.8 Å². The van der Waals surface area contributed by atoms with Crippen LogP contribution in [0.2, 0.25) is 0 Å². The van der Waals surface area contributed by atoms with Crippen molar-refractivity contribution in [3.63, 3.8) is 0 Å². The summed E-state index contributed by atoms with van der Waals surface area (Å²) in [7, 11) is 1.52. The standard InChI is InChI=1S/C13H16O3S/c1-10(14)17-8-4-3-5-11-6-7-13(16-2)12(15)9-11/h3,5-7,9,15H,4,8H2,1-2H3. The highest BCUT2D eigenvalue weighted by Crippen LogP contribution is 2.26. The van der Waals surface area contributed by atoms with Crippen molar-refractivity contribution in [1.82, 2.24) is 0 Å². The van der Waals surface area contributed by atoms with Gasteiger partial charge >= 0.3 is 0 Å². The largest absolute Gasteiger partial charge is 0.504 e. The first-order valence-electron chi connectivity index (χ1n) is 5.30. The Kier molecular flexibility index (Phi) is 5.63. The zero-order valence-corrected chi connectivity index (χ0v) is 10.8. The zero-order valence-electron chi connectivity index (χ0n) is 9.97. The second kappa shape index (κ2) is 7.01. The molecule has 0 radical (unpaired) electrons. The maximum Gasteiger partial charge on any atom is 0.185 e. The first-order valence-corrected chi connectivity index (χ1v) is 6.29. The normalized spacial score (nSPS) is 10.7. The van der Waals surface area contributed by atoms with E-state index in [1.54, 1.807) is 19.1 Å². The average Bonchev–Trinajstić information content (AvgIpc) is 2.28. The molecule has 0 aliphatic rings. The fourth-order valence-corrected chi connectivity index (χ4v) is 1.84. The molecule has 1 rings (SSSR count). The molecular weight excluding hydrogens is 236 g/mol. The molecule has 0 fully saturated rings. The average molecular weight is 252 g/mol. The van der Waals surface area contributed by atoms with Gasteiger partial charge in [0.15, 0.2) is 16.6 Å². The van der Waals surface area contributed by atoms with E-state index in [4.69, 9.17) is 4.74 Å². The van der Waals surface area contributed by atoms with Gasteiger partial charge in [-0.2, -0.15) is 0 Å². The lowest BCUT2D eigenvalue weighted by molar-refractivity contribution is -0.109. The van der Waals surface area contributed by atoms with Crippen molar-refractivity contribution in [3.05, 3.63) is 29.8 Å². The first-order chi connectivity index (χ1) is 8.13. The molecule has 0 bridgehead atoms. The first kappa shape index (κ1) is 13.6. The van der Waals surface area contributed by atoms with Crippen molar-refractivity contribution in [2.24, 2.45) is 0 Å². The van der Waals surface area contributed by atoms with E-state index in [9.17, 15) is 9.90 Å². The van der Waals surface area contributed by atoms with E-state index in [0.717, 1.165) is 17.7 Å². The van der Waals surface area contributed by atoms with Gasteiger partial charge in [-0.1, -0.05) is 30.0 Å². The van der Waals surface area contributed by atoms with Crippen LogP contribution in [0.15, 0.2) is 24.3 Å². The Balaban J connectivity index is 2.48. The van der Waals surface area contributed by atoms with Gasteiger partial charge in [0.2, 0.25) is 0 Å². The molecular formula is C13H16O3S. The molecule has 1 N–H and O–H groups in total. The second-order valence-electron chi connectivity index (χ2n) is 3.46. The van der Waals surface area contributed by atoms with Gasteiger partial charge in [0.05, 0.1) is 7.11 Å². The Morgan fingerprint density at radius 1 is 1.53 bits per heavy atom. The van der Waals surface area contributed by atoms with Gasteiger partial charge in [-0.15, -0.1) is 0 Å². The van der Waals surface area contributed by atoms with Crippen LogP contribution in [0.3, 0.4) is 0 Å². The molecule has 0 unspecified atom stereocenters. The molecule has 0 saturated heterocycles. The van der Waals surface area contributed by atoms with Crippen LogP contribution in [0.25, 0.3) is 6.08 Å². The van der Waals surface area contributed by atoms with Gasteiger partial charge in [0, 0.05) is 12.7 Å². The Hall–Kier alpha value is -1.42. The minimum atomic E-state index is 0.132. The highest BCUT2D eigenvalue weighted by molar-refractivity contribution is 8.13. The molecule has 92 valence electrons. The molecule has 4 heteroatoms. The van der Waals surface area contributed by atoms with Crippen LogP contribution in [0.4, 0.5) is 0 Å². The van der Waals surface area contributed by atoms with Crippen molar-refractivity contribution in [3.8, 4) is 11.5 Å². The van der Waals surface area contributed by atoms with Crippen LogP contribution in [-0.4, -0.2) is 23.1 Å². The highest BCUT2D eigenvalue weighted by Gasteiger charge is 1.99. The van der Waals surface area contributed by atoms with Crippen LogP contribution in [-0.2, 0) is 4.79 Å². The number of ether oxygens (including phenoxy) is 1. The van der Waals surface area contributed by atoms with Crippen molar-refractivity contribution in [1.29, 1.82) is 0 Å². The molecule has 1 aromatic rings. The number of carbonyl (C=O) groups is 1. The fraction of sp³-hybridized carbons (Fsp3) is 0.308. The molecule has 0 saturated carbocycles. The molecule has 3 nitrogen and oxygen atoms in total. The molecule has 0 atom stereocenters. The summed E-state index contributed by atoms with van der Waals surface area (Å²) in [6.45, 7) is 1.57. The van der Waals surface area contributed by atoms with E-state index in [-0.39, 0.29) is 10.9 Å². The summed E-state index contributed by atoms with van der Waals surface area (Å²) in [6, 6.07) is 5.24. The number of aromatic hydroxyl groups is 1. The van der Waals surface area contributed by atoms with Crippen molar-refractivity contribution >= 4 is 23.0 Å². The smallest absolute Gasteiger partial charge is 0.185 e. The maximum atomic E-state index is 10.7. The van der Waals surface area contributed by atoms with E-state index in [1.165, 1.54) is 18.9 Å². The van der Waals surface area contributed by atoms with Gasteiger partial charge in [-0.05, 0) is 24.1 Å². The number of carbonyl (C=O) groups excluding carboxylic acids is 1. The highest BCUT2D eigenvalue weighted by atomic mass is 32.2. The molecule has 0 amide bonds. The topological polar surface area (TPSA) is 46.5 Å². The summed E-state index contributed by atoms with van der Waals surface area (Å²) in [5.41, 5.74) is 0.913. The number of thioether (sulfide) groups is 1. The summed E-state index contributed by atoms with van der Waals surface area (Å²) in [5, 5.41) is 9.70. The van der Waals surface area contributed by atoms with Crippen LogP contribution in [0.5, 0.6) is 11.5 Å². The minimum absolute atomic E-state index is 0.132. The molecule has 17 heavy (non-hydrogen) atoms. The van der Waals surface area contributed by atoms with Gasteiger partial charge in [0.1, 0.15) is 0 Å². The lowest BCUT2D eigenvalue weighted by Gasteiger charge is -2.03.